The molecule has 0 radical (unpaired) electrons. The van der Waals surface area contributed by atoms with E-state index in [0.29, 0.717) is 18.4 Å². The van der Waals surface area contributed by atoms with Gasteiger partial charge in [-0.15, -0.1) is 0 Å². The molecule has 1 fully saturated rings. The molecule has 0 unspecified atom stereocenters. The van der Waals surface area contributed by atoms with Crippen LogP contribution < -0.4 is 15.0 Å². The Labute approximate surface area is 201 Å². The molecule has 2 aromatic heterocycles. The molecule has 0 aliphatic carbocycles. The molecule has 3 aromatic rings. The van der Waals surface area contributed by atoms with Gasteiger partial charge in [-0.2, -0.15) is 13.2 Å². The summed E-state index contributed by atoms with van der Waals surface area (Å²) < 4.78 is 37.9. The Morgan fingerprint density at radius 1 is 1.26 bits per heavy atom. The minimum Gasteiger partial charge on any atom is -0.477 e. The number of rotatable bonds is 5. The molecule has 7 nitrogen and oxygen atoms in total. The Morgan fingerprint density at radius 3 is 2.60 bits per heavy atom. The molecule has 1 saturated heterocycles. The van der Waals surface area contributed by atoms with Gasteiger partial charge in [-0.3, -0.25) is 4.98 Å². The lowest BCUT2D eigenvalue weighted by molar-refractivity contribution is -0.192. The van der Waals surface area contributed by atoms with Crippen LogP contribution in [0.3, 0.4) is 0 Å². The van der Waals surface area contributed by atoms with Crippen LogP contribution in [0.1, 0.15) is 18.4 Å². The SMILES string of the molecule is Cc1cc(-c2cc3ncccc3c(OC[C@H]3CCCNC3)n2)ccc1N(C)C.O=C(O)C(F)(F)F. The number of aromatic nitrogens is 2. The fourth-order valence-corrected chi connectivity index (χ4v) is 3.88. The van der Waals surface area contributed by atoms with E-state index in [4.69, 9.17) is 19.6 Å². The van der Waals surface area contributed by atoms with E-state index in [1.807, 2.05) is 18.3 Å². The van der Waals surface area contributed by atoms with Crippen LogP contribution >= 0.6 is 0 Å². The molecule has 2 N–H and O–H groups in total. The van der Waals surface area contributed by atoms with Gasteiger partial charge in [0.05, 0.1) is 23.2 Å². The van der Waals surface area contributed by atoms with E-state index >= 15 is 0 Å². The maximum atomic E-state index is 10.6. The Kier molecular flexibility index (Phi) is 8.50. The third-order valence-corrected chi connectivity index (χ3v) is 5.64. The number of aliphatic carboxylic acids is 1. The van der Waals surface area contributed by atoms with E-state index < -0.39 is 12.1 Å². The summed E-state index contributed by atoms with van der Waals surface area (Å²) in [4.78, 5) is 20.4. The fourth-order valence-electron chi connectivity index (χ4n) is 3.88. The quantitative estimate of drug-likeness (QED) is 0.537. The number of aryl methyl sites for hydroxylation is 1. The third kappa shape index (κ3) is 7.05. The van der Waals surface area contributed by atoms with Gasteiger partial charge in [0.2, 0.25) is 5.88 Å². The number of piperidine rings is 1. The summed E-state index contributed by atoms with van der Waals surface area (Å²) in [5.74, 6) is -1.54. The van der Waals surface area contributed by atoms with Gasteiger partial charge in [0.25, 0.3) is 0 Å². The van der Waals surface area contributed by atoms with Crippen LogP contribution in [0.2, 0.25) is 0 Å². The second-order valence-corrected chi connectivity index (χ2v) is 8.60. The number of carboxylic acid groups (broad SMARTS) is 1. The van der Waals surface area contributed by atoms with Crippen molar-refractivity contribution in [1.82, 2.24) is 15.3 Å². The molecular formula is C25H29F3N4O3. The highest BCUT2D eigenvalue weighted by molar-refractivity contribution is 5.87. The molecular weight excluding hydrogens is 461 g/mol. The van der Waals surface area contributed by atoms with Crippen LogP contribution in [0.15, 0.2) is 42.6 Å². The summed E-state index contributed by atoms with van der Waals surface area (Å²) in [5.41, 5.74) is 5.33. The standard InChI is InChI=1S/C23H28N4O.C2HF3O2/c1-16-12-18(8-9-22(16)27(2)3)20-13-21-19(7-5-11-25-21)23(26-20)28-15-17-6-4-10-24-14-17;3-2(4,5)1(6)7/h5,7-9,11-13,17,24H,4,6,10,14-15H2,1-3H3;(H,6,7)/t17-;/m0./s1. The number of pyridine rings is 2. The minimum absolute atomic E-state index is 0.535. The van der Waals surface area contributed by atoms with E-state index in [-0.39, 0.29) is 0 Å². The molecule has 4 rings (SSSR count). The Hall–Kier alpha value is -3.40. The number of carboxylic acids is 1. The van der Waals surface area contributed by atoms with Gasteiger partial charge >= 0.3 is 12.1 Å². The number of anilines is 1. The zero-order valence-corrected chi connectivity index (χ0v) is 19.9. The number of carbonyl (C=O) groups is 1. The molecule has 10 heteroatoms. The van der Waals surface area contributed by atoms with Crippen LogP contribution in [-0.2, 0) is 4.79 Å². The van der Waals surface area contributed by atoms with Crippen molar-refractivity contribution >= 4 is 22.6 Å². The summed E-state index contributed by atoms with van der Waals surface area (Å²) >= 11 is 0. The maximum Gasteiger partial charge on any atom is 0.490 e. The lowest BCUT2D eigenvalue weighted by atomic mass is 10.0. The van der Waals surface area contributed by atoms with Gasteiger partial charge < -0.3 is 20.1 Å². The van der Waals surface area contributed by atoms with Gasteiger partial charge in [-0.05, 0) is 62.2 Å². The fraction of sp³-hybridized carbons (Fsp3) is 0.400. The number of benzene rings is 1. The van der Waals surface area contributed by atoms with Crippen molar-refractivity contribution in [3.63, 3.8) is 0 Å². The largest absolute Gasteiger partial charge is 0.490 e. The highest BCUT2D eigenvalue weighted by atomic mass is 19.4. The summed E-state index contributed by atoms with van der Waals surface area (Å²) in [6.45, 7) is 4.94. The smallest absolute Gasteiger partial charge is 0.477 e. The zero-order chi connectivity index (χ0) is 25.6. The Bertz CT molecular complexity index is 1160. The van der Waals surface area contributed by atoms with Gasteiger partial charge in [0.1, 0.15) is 0 Å². The van der Waals surface area contributed by atoms with Gasteiger partial charge in [-0.25, -0.2) is 9.78 Å². The molecule has 3 heterocycles. The number of hydrogen-bond donors (Lipinski definition) is 2. The van der Waals surface area contributed by atoms with Crippen molar-refractivity contribution in [2.75, 3.05) is 38.7 Å². The highest BCUT2D eigenvalue weighted by Crippen LogP contribution is 2.31. The predicted molar refractivity (Wildman–Crippen MR) is 129 cm³/mol. The predicted octanol–water partition coefficient (Wildman–Crippen LogP) is 4.68. The van der Waals surface area contributed by atoms with Crippen molar-refractivity contribution in [2.45, 2.75) is 25.9 Å². The minimum atomic E-state index is -5.08. The number of ether oxygens (including phenoxy) is 1. The third-order valence-electron chi connectivity index (χ3n) is 5.64. The lowest BCUT2D eigenvalue weighted by Gasteiger charge is -2.23. The molecule has 0 bridgehead atoms. The second kappa shape index (κ2) is 11.4. The van der Waals surface area contributed by atoms with Crippen molar-refractivity contribution in [2.24, 2.45) is 5.92 Å². The normalized spacial score (nSPS) is 15.8. The van der Waals surface area contributed by atoms with Crippen LogP contribution in [0.25, 0.3) is 22.2 Å². The average molecular weight is 491 g/mol. The Balaban J connectivity index is 0.000000429. The van der Waals surface area contributed by atoms with Crippen LogP contribution in [0.4, 0.5) is 18.9 Å². The van der Waals surface area contributed by atoms with Gasteiger partial charge in [0, 0.05) is 44.0 Å². The molecule has 0 amide bonds. The Morgan fingerprint density at radius 2 is 2.00 bits per heavy atom. The molecule has 1 atom stereocenters. The van der Waals surface area contributed by atoms with Crippen molar-refractivity contribution in [3.8, 4) is 17.1 Å². The van der Waals surface area contributed by atoms with Crippen LogP contribution in [-0.4, -0.2) is 61.0 Å². The summed E-state index contributed by atoms with van der Waals surface area (Å²) in [7, 11) is 4.12. The van der Waals surface area contributed by atoms with Crippen molar-refractivity contribution < 1.29 is 27.8 Å². The monoisotopic (exact) mass is 490 g/mol. The van der Waals surface area contributed by atoms with E-state index in [9.17, 15) is 13.2 Å². The molecule has 1 aliphatic rings. The van der Waals surface area contributed by atoms with E-state index in [0.717, 1.165) is 35.2 Å². The number of nitrogens with zero attached hydrogens (tertiary/aromatic N) is 3. The molecule has 188 valence electrons. The zero-order valence-electron chi connectivity index (χ0n) is 19.9. The second-order valence-electron chi connectivity index (χ2n) is 8.60. The average Bonchev–Trinajstić information content (AvgIpc) is 2.82. The summed E-state index contributed by atoms with van der Waals surface area (Å²) in [6.07, 6.45) is -0.850. The first kappa shape index (κ1) is 26.2. The van der Waals surface area contributed by atoms with Crippen LogP contribution in [0.5, 0.6) is 5.88 Å². The van der Waals surface area contributed by atoms with Gasteiger partial charge in [-0.1, -0.05) is 6.07 Å². The van der Waals surface area contributed by atoms with E-state index in [1.165, 1.54) is 24.1 Å². The summed E-state index contributed by atoms with van der Waals surface area (Å²) in [5, 5.41) is 11.5. The molecule has 35 heavy (non-hydrogen) atoms. The molecule has 0 spiro atoms. The number of nitrogens with one attached hydrogen (secondary N) is 1. The summed E-state index contributed by atoms with van der Waals surface area (Å²) in [6, 6.07) is 12.5. The van der Waals surface area contributed by atoms with Gasteiger partial charge in [0.15, 0.2) is 0 Å². The number of hydrogen-bond acceptors (Lipinski definition) is 6. The highest BCUT2D eigenvalue weighted by Gasteiger charge is 2.38. The van der Waals surface area contributed by atoms with Crippen molar-refractivity contribution in [1.29, 1.82) is 0 Å². The van der Waals surface area contributed by atoms with E-state index in [1.54, 1.807) is 0 Å². The lowest BCUT2D eigenvalue weighted by Crippen LogP contribution is -2.33. The van der Waals surface area contributed by atoms with Crippen LogP contribution in [0, 0.1) is 12.8 Å². The topological polar surface area (TPSA) is 87.6 Å². The van der Waals surface area contributed by atoms with Crippen molar-refractivity contribution in [3.05, 3.63) is 48.2 Å². The first-order chi connectivity index (χ1) is 16.6. The number of alkyl halides is 3. The molecule has 1 aromatic carbocycles. The molecule has 1 aliphatic heterocycles. The maximum absolute atomic E-state index is 10.6. The van der Waals surface area contributed by atoms with E-state index in [2.05, 4.69) is 60.5 Å². The number of halogens is 3. The number of fused-ring (bicyclic) bond motifs is 1. The first-order valence-electron chi connectivity index (χ1n) is 11.2. The first-order valence-corrected chi connectivity index (χ1v) is 11.2. The molecule has 0 saturated carbocycles.